The molecule has 1 aliphatic rings. The topological polar surface area (TPSA) is 119 Å². The van der Waals surface area contributed by atoms with Crippen LogP contribution >= 0.6 is 39.3 Å². The summed E-state index contributed by atoms with van der Waals surface area (Å²) in [7, 11) is 0. The van der Waals surface area contributed by atoms with Crippen LogP contribution in [-0.2, 0) is 6.42 Å². The fraction of sp³-hybridized carbons (Fsp3) is 0.632. The summed E-state index contributed by atoms with van der Waals surface area (Å²) in [6.07, 6.45) is 3.50. The van der Waals surface area contributed by atoms with Crippen LogP contribution in [0.5, 0.6) is 5.88 Å². The van der Waals surface area contributed by atoms with E-state index in [0.29, 0.717) is 48.8 Å². The van der Waals surface area contributed by atoms with Crippen molar-refractivity contribution in [3.05, 3.63) is 38.0 Å². The molecule has 0 spiro atoms. The molecule has 0 radical (unpaired) electrons. The molecule has 1 saturated heterocycles. The van der Waals surface area contributed by atoms with Crippen molar-refractivity contribution in [3.63, 3.8) is 0 Å². The first-order valence-electron chi connectivity index (χ1n) is 10.3. The van der Waals surface area contributed by atoms with Gasteiger partial charge >= 0.3 is 11.6 Å². The normalized spacial score (nSPS) is 20.3. The highest BCUT2D eigenvalue weighted by Crippen LogP contribution is 2.35. The monoisotopic (exact) mass is 550 g/mol. The lowest BCUT2D eigenvalue weighted by molar-refractivity contribution is -0.386. The second kappa shape index (κ2) is 11.1. The number of aliphatic hydroxyl groups is 1. The lowest BCUT2D eigenvalue weighted by atomic mass is 10.0. The zero-order valence-corrected chi connectivity index (χ0v) is 20.8. The zero-order valence-electron chi connectivity index (χ0n) is 17.7. The van der Waals surface area contributed by atoms with Gasteiger partial charge in [-0.3, -0.25) is 14.8 Å². The first-order chi connectivity index (χ1) is 15.2. The number of hydrogen-bond donors (Lipinski definition) is 1. The van der Waals surface area contributed by atoms with Gasteiger partial charge in [-0.15, -0.1) is 5.10 Å². The van der Waals surface area contributed by atoms with Crippen LogP contribution in [0.3, 0.4) is 0 Å². The molecule has 2 aromatic heterocycles. The number of hydrogen-bond acceptors (Lipinski definition) is 8. The maximum Gasteiger partial charge on any atom is 0.352 e. The average Bonchev–Trinajstić information content (AvgIpc) is 3.04. The van der Waals surface area contributed by atoms with E-state index in [4.69, 9.17) is 27.9 Å². The van der Waals surface area contributed by atoms with Crippen LogP contribution in [0.4, 0.5) is 5.69 Å². The largest absolute Gasteiger partial charge is 0.472 e. The van der Waals surface area contributed by atoms with E-state index >= 15 is 0 Å². The third-order valence-corrected chi connectivity index (χ3v) is 6.73. The molecule has 0 bridgehead atoms. The SMILES string of the molecule is Cc1c([N+](=O)[O-])c(OCC[C@@H](C)CCc2nc(Cl)ncc2Cl)nn1C1CCN(Br)CC1O. The van der Waals surface area contributed by atoms with Gasteiger partial charge in [-0.2, -0.15) is 0 Å². The smallest absolute Gasteiger partial charge is 0.352 e. The van der Waals surface area contributed by atoms with Gasteiger partial charge in [-0.25, -0.2) is 13.9 Å². The summed E-state index contributed by atoms with van der Waals surface area (Å²) in [5.41, 5.74) is 0.909. The quantitative estimate of drug-likeness (QED) is 0.213. The Morgan fingerprint density at radius 1 is 1.44 bits per heavy atom. The molecule has 10 nitrogen and oxygen atoms in total. The molecule has 1 N–H and O–H groups in total. The van der Waals surface area contributed by atoms with E-state index in [0.717, 1.165) is 6.42 Å². The number of piperidine rings is 1. The Kier molecular flexibility index (Phi) is 8.68. The molecule has 2 aromatic rings. The molecule has 32 heavy (non-hydrogen) atoms. The van der Waals surface area contributed by atoms with Crippen LogP contribution in [0.1, 0.15) is 43.6 Å². The van der Waals surface area contributed by atoms with Crippen LogP contribution in [-0.4, -0.2) is 59.5 Å². The predicted molar refractivity (Wildman–Crippen MR) is 123 cm³/mol. The maximum atomic E-state index is 11.6. The lowest BCUT2D eigenvalue weighted by Crippen LogP contribution is -2.40. The molecule has 1 aliphatic heterocycles. The molecule has 0 aromatic carbocycles. The van der Waals surface area contributed by atoms with E-state index in [1.54, 1.807) is 6.92 Å². The van der Waals surface area contributed by atoms with Gasteiger partial charge < -0.3 is 9.84 Å². The highest BCUT2D eigenvalue weighted by Gasteiger charge is 2.35. The maximum absolute atomic E-state index is 11.6. The van der Waals surface area contributed by atoms with Crippen molar-refractivity contribution in [1.82, 2.24) is 23.7 Å². The minimum Gasteiger partial charge on any atom is -0.472 e. The predicted octanol–water partition coefficient (Wildman–Crippen LogP) is 4.15. The van der Waals surface area contributed by atoms with E-state index in [2.05, 4.69) is 38.1 Å². The fourth-order valence-corrected chi connectivity index (χ4v) is 4.56. The number of aromatic nitrogens is 4. The van der Waals surface area contributed by atoms with Gasteiger partial charge in [0.1, 0.15) is 5.69 Å². The number of nitro groups is 1. The lowest BCUT2D eigenvalue weighted by Gasteiger charge is -2.32. The molecule has 2 unspecified atom stereocenters. The standard InChI is InChI=1S/C19H25BrCl2N6O4/c1-11(3-4-14-13(21)9-23-19(22)24-14)6-8-32-18-17(28(30)31)12(2)27(25-18)15-5-7-26(20)10-16(15)29/h9,11,15-16,29H,3-8,10H2,1-2H3/t11-,15?,16?/m0/s1. The van der Waals surface area contributed by atoms with Crippen LogP contribution in [0.15, 0.2) is 6.20 Å². The molecular formula is C19H25BrCl2N6O4. The van der Waals surface area contributed by atoms with Gasteiger partial charge in [0.05, 0.1) is 40.6 Å². The third kappa shape index (κ3) is 6.07. The highest BCUT2D eigenvalue weighted by atomic mass is 79.9. The second-order valence-corrected chi connectivity index (χ2v) is 9.70. The Bertz CT molecular complexity index is 962. The summed E-state index contributed by atoms with van der Waals surface area (Å²) in [4.78, 5) is 19.2. The molecule has 0 aliphatic carbocycles. The van der Waals surface area contributed by atoms with E-state index in [1.807, 2.05) is 3.93 Å². The summed E-state index contributed by atoms with van der Waals surface area (Å²) in [5, 5.41) is 27.1. The van der Waals surface area contributed by atoms with Crippen molar-refractivity contribution in [3.8, 4) is 5.88 Å². The zero-order chi connectivity index (χ0) is 23.4. The van der Waals surface area contributed by atoms with Gasteiger partial charge in [0.25, 0.3) is 0 Å². The van der Waals surface area contributed by atoms with Crippen molar-refractivity contribution < 1.29 is 14.8 Å². The fourth-order valence-electron chi connectivity index (χ4n) is 3.72. The molecule has 0 amide bonds. The Morgan fingerprint density at radius 3 is 2.88 bits per heavy atom. The number of aliphatic hydroxyl groups excluding tert-OH is 1. The van der Waals surface area contributed by atoms with E-state index in [9.17, 15) is 15.2 Å². The number of aryl methyl sites for hydroxylation is 1. The van der Waals surface area contributed by atoms with E-state index in [-0.39, 0.29) is 35.4 Å². The van der Waals surface area contributed by atoms with Gasteiger partial charge in [0.2, 0.25) is 5.28 Å². The van der Waals surface area contributed by atoms with E-state index < -0.39 is 11.0 Å². The Hall–Kier alpha value is -1.53. The minimum atomic E-state index is -0.698. The first-order valence-corrected chi connectivity index (χ1v) is 11.8. The van der Waals surface area contributed by atoms with Crippen molar-refractivity contribution >= 4 is 45.0 Å². The van der Waals surface area contributed by atoms with Crippen LogP contribution in [0.25, 0.3) is 0 Å². The average molecular weight is 552 g/mol. The Balaban J connectivity index is 1.60. The first kappa shape index (κ1) is 25.1. The van der Waals surface area contributed by atoms with Crippen LogP contribution < -0.4 is 4.74 Å². The number of nitrogens with zero attached hydrogens (tertiary/aromatic N) is 6. The van der Waals surface area contributed by atoms with Crippen LogP contribution in [0.2, 0.25) is 10.3 Å². The molecule has 3 rings (SSSR count). The molecule has 1 fully saturated rings. The number of rotatable bonds is 9. The third-order valence-electron chi connectivity index (χ3n) is 5.59. The Labute approximate surface area is 204 Å². The summed E-state index contributed by atoms with van der Waals surface area (Å²) in [5.74, 6) is 0.242. The van der Waals surface area contributed by atoms with Crippen molar-refractivity contribution in [1.29, 1.82) is 0 Å². The van der Waals surface area contributed by atoms with E-state index in [1.165, 1.54) is 10.9 Å². The van der Waals surface area contributed by atoms with Crippen molar-refractivity contribution in [2.75, 3.05) is 19.7 Å². The van der Waals surface area contributed by atoms with Gasteiger partial charge in [-0.05, 0) is 50.1 Å². The van der Waals surface area contributed by atoms with Crippen LogP contribution in [0, 0.1) is 23.0 Å². The van der Waals surface area contributed by atoms with Gasteiger partial charge in [-0.1, -0.05) is 18.5 Å². The Morgan fingerprint density at radius 2 is 2.19 bits per heavy atom. The molecule has 13 heteroatoms. The summed E-state index contributed by atoms with van der Waals surface area (Å²) in [6, 6.07) is -0.344. The van der Waals surface area contributed by atoms with Crippen molar-refractivity contribution in [2.24, 2.45) is 5.92 Å². The summed E-state index contributed by atoms with van der Waals surface area (Å²) >= 11 is 15.3. The summed E-state index contributed by atoms with van der Waals surface area (Å²) < 4.78 is 9.09. The summed E-state index contributed by atoms with van der Waals surface area (Å²) in [6.45, 7) is 5.07. The molecule has 0 saturated carbocycles. The van der Waals surface area contributed by atoms with Crippen molar-refractivity contribution in [2.45, 2.75) is 51.7 Å². The number of halogens is 3. The molecule has 3 atom stereocenters. The van der Waals surface area contributed by atoms with Gasteiger partial charge in [0.15, 0.2) is 0 Å². The molecule has 3 heterocycles. The number of β-amino-alcohol motifs (C(OH)–C–C–N with tert-alkyl or cyclic N) is 1. The molecule has 176 valence electrons. The highest BCUT2D eigenvalue weighted by molar-refractivity contribution is 9.07. The molecular weight excluding hydrogens is 527 g/mol. The number of ether oxygens (including phenoxy) is 1. The minimum absolute atomic E-state index is 0.0150. The van der Waals surface area contributed by atoms with Gasteiger partial charge in [0, 0.05) is 29.2 Å². The second-order valence-electron chi connectivity index (χ2n) is 7.95.